The average Bonchev–Trinajstić information content (AvgIpc) is 2.85. The van der Waals surface area contributed by atoms with Crippen LogP contribution in [-0.4, -0.2) is 22.7 Å². The van der Waals surface area contributed by atoms with Crippen molar-refractivity contribution in [1.82, 2.24) is 4.90 Å². The molecule has 3 nitrogen and oxygen atoms in total. The van der Waals surface area contributed by atoms with Gasteiger partial charge in [0.2, 0.25) is 0 Å². The van der Waals surface area contributed by atoms with Crippen molar-refractivity contribution in [2.24, 2.45) is 0 Å². The molecule has 0 aliphatic carbocycles. The Bertz CT molecular complexity index is 539. The third-order valence-electron chi connectivity index (χ3n) is 2.71. The molecule has 0 spiro atoms. The van der Waals surface area contributed by atoms with Crippen molar-refractivity contribution in [2.45, 2.75) is 6.54 Å². The smallest absolute Gasteiger partial charge is 0.258 e. The minimum absolute atomic E-state index is 0.0380. The molecule has 1 heterocycles. The van der Waals surface area contributed by atoms with Crippen LogP contribution < -0.4 is 0 Å². The van der Waals surface area contributed by atoms with Crippen LogP contribution in [0.4, 0.5) is 0 Å². The van der Waals surface area contributed by atoms with Gasteiger partial charge in [-0.2, -0.15) is 0 Å². The second-order valence-electron chi connectivity index (χ2n) is 4.01. The SMILES string of the molecule is O=C(c1ccoc1Br)N(CCBr)Cc1ccccc1. The van der Waals surface area contributed by atoms with Crippen LogP contribution in [0.25, 0.3) is 0 Å². The lowest BCUT2D eigenvalue weighted by atomic mass is 10.2. The lowest BCUT2D eigenvalue weighted by molar-refractivity contribution is 0.0752. The first-order valence-electron chi connectivity index (χ1n) is 5.84. The van der Waals surface area contributed by atoms with Crippen LogP contribution in [0.3, 0.4) is 0 Å². The molecule has 0 fully saturated rings. The number of nitrogens with zero attached hydrogens (tertiary/aromatic N) is 1. The highest BCUT2D eigenvalue weighted by Gasteiger charge is 2.19. The van der Waals surface area contributed by atoms with E-state index in [1.54, 1.807) is 11.0 Å². The van der Waals surface area contributed by atoms with Gasteiger partial charge in [0.15, 0.2) is 4.67 Å². The van der Waals surface area contributed by atoms with Crippen molar-refractivity contribution < 1.29 is 9.21 Å². The van der Waals surface area contributed by atoms with E-state index in [-0.39, 0.29) is 5.91 Å². The maximum atomic E-state index is 12.4. The zero-order chi connectivity index (χ0) is 13.7. The van der Waals surface area contributed by atoms with Crippen LogP contribution >= 0.6 is 31.9 Å². The van der Waals surface area contributed by atoms with Gasteiger partial charge >= 0.3 is 0 Å². The van der Waals surface area contributed by atoms with Gasteiger partial charge in [0.05, 0.1) is 11.8 Å². The maximum Gasteiger partial charge on any atom is 0.258 e. The molecule has 19 heavy (non-hydrogen) atoms. The molecule has 0 bridgehead atoms. The molecule has 100 valence electrons. The molecule has 2 aromatic rings. The number of hydrogen-bond acceptors (Lipinski definition) is 2. The molecule has 0 radical (unpaired) electrons. The fourth-order valence-corrected chi connectivity index (χ4v) is 2.61. The van der Waals surface area contributed by atoms with E-state index in [4.69, 9.17) is 4.42 Å². The minimum Gasteiger partial charge on any atom is -0.457 e. The van der Waals surface area contributed by atoms with Crippen LogP contribution in [0.5, 0.6) is 0 Å². The van der Waals surface area contributed by atoms with E-state index in [2.05, 4.69) is 31.9 Å². The number of alkyl halides is 1. The summed E-state index contributed by atoms with van der Waals surface area (Å²) in [6.07, 6.45) is 1.51. The van der Waals surface area contributed by atoms with Crippen LogP contribution in [0.15, 0.2) is 51.7 Å². The van der Waals surface area contributed by atoms with Gasteiger partial charge in [0.25, 0.3) is 5.91 Å². The maximum absolute atomic E-state index is 12.4. The number of rotatable bonds is 5. The summed E-state index contributed by atoms with van der Waals surface area (Å²) in [4.78, 5) is 14.2. The Morgan fingerprint density at radius 2 is 1.95 bits per heavy atom. The molecule has 0 atom stereocenters. The number of benzene rings is 1. The third-order valence-corrected chi connectivity index (χ3v) is 3.68. The van der Waals surface area contributed by atoms with Crippen LogP contribution in [0.1, 0.15) is 15.9 Å². The molecule has 0 N–H and O–H groups in total. The Hall–Kier alpha value is -1.07. The number of carbonyl (C=O) groups is 1. The Kier molecular flexibility index (Phi) is 5.22. The average molecular weight is 387 g/mol. The summed E-state index contributed by atoms with van der Waals surface area (Å²) in [7, 11) is 0. The highest BCUT2D eigenvalue weighted by molar-refractivity contribution is 9.10. The predicted molar refractivity (Wildman–Crippen MR) is 81.4 cm³/mol. The van der Waals surface area contributed by atoms with Gasteiger partial charge in [-0.1, -0.05) is 46.3 Å². The molecular weight excluding hydrogens is 374 g/mol. The topological polar surface area (TPSA) is 33.5 Å². The van der Waals surface area contributed by atoms with Crippen molar-refractivity contribution in [2.75, 3.05) is 11.9 Å². The first-order chi connectivity index (χ1) is 9.22. The molecule has 1 amide bonds. The highest BCUT2D eigenvalue weighted by Crippen LogP contribution is 2.20. The van der Waals surface area contributed by atoms with Gasteiger partial charge < -0.3 is 9.32 Å². The second kappa shape index (κ2) is 6.91. The minimum atomic E-state index is -0.0380. The Balaban J connectivity index is 2.16. The summed E-state index contributed by atoms with van der Waals surface area (Å²) in [6.45, 7) is 1.23. The molecule has 5 heteroatoms. The highest BCUT2D eigenvalue weighted by atomic mass is 79.9. The van der Waals surface area contributed by atoms with Crippen molar-refractivity contribution in [1.29, 1.82) is 0 Å². The number of amides is 1. The monoisotopic (exact) mass is 385 g/mol. The number of furan rings is 1. The van der Waals surface area contributed by atoms with E-state index in [9.17, 15) is 4.79 Å². The molecule has 0 saturated carbocycles. The van der Waals surface area contributed by atoms with E-state index in [0.29, 0.717) is 23.3 Å². The van der Waals surface area contributed by atoms with E-state index < -0.39 is 0 Å². The standard InChI is InChI=1S/C14H13Br2NO2/c15-7-8-17(10-11-4-2-1-3-5-11)14(18)12-6-9-19-13(12)16/h1-6,9H,7-8,10H2. The molecule has 1 aromatic carbocycles. The van der Waals surface area contributed by atoms with Crippen LogP contribution in [-0.2, 0) is 6.54 Å². The van der Waals surface area contributed by atoms with Crippen LogP contribution in [0.2, 0.25) is 0 Å². The summed E-state index contributed by atoms with van der Waals surface area (Å²) >= 11 is 6.63. The van der Waals surface area contributed by atoms with E-state index >= 15 is 0 Å². The third kappa shape index (κ3) is 3.70. The molecule has 0 aliphatic rings. The summed E-state index contributed by atoms with van der Waals surface area (Å²) in [5, 5.41) is 0.737. The van der Waals surface area contributed by atoms with Gasteiger partial charge in [0.1, 0.15) is 0 Å². The van der Waals surface area contributed by atoms with E-state index in [0.717, 1.165) is 10.9 Å². The summed E-state index contributed by atoms with van der Waals surface area (Å²) < 4.78 is 5.60. The van der Waals surface area contributed by atoms with E-state index in [1.165, 1.54) is 6.26 Å². The fraction of sp³-hybridized carbons (Fsp3) is 0.214. The molecule has 0 saturated heterocycles. The fourth-order valence-electron chi connectivity index (χ4n) is 1.77. The summed E-state index contributed by atoms with van der Waals surface area (Å²) in [5.74, 6) is -0.0380. The molecular formula is C14H13Br2NO2. The van der Waals surface area contributed by atoms with E-state index in [1.807, 2.05) is 30.3 Å². The largest absolute Gasteiger partial charge is 0.457 e. The molecule has 2 rings (SSSR count). The molecule has 0 unspecified atom stereocenters. The van der Waals surface area contributed by atoms with Crippen molar-refractivity contribution in [3.63, 3.8) is 0 Å². The number of hydrogen-bond donors (Lipinski definition) is 0. The zero-order valence-corrected chi connectivity index (χ0v) is 13.4. The van der Waals surface area contributed by atoms with Gasteiger partial charge in [0, 0.05) is 18.4 Å². The molecule has 0 aliphatic heterocycles. The first-order valence-corrected chi connectivity index (χ1v) is 7.76. The quantitative estimate of drug-likeness (QED) is 0.725. The molecule has 1 aromatic heterocycles. The lowest BCUT2D eigenvalue weighted by Gasteiger charge is -2.21. The van der Waals surface area contributed by atoms with Gasteiger partial charge in [-0.3, -0.25) is 4.79 Å². The zero-order valence-electron chi connectivity index (χ0n) is 10.2. The Morgan fingerprint density at radius 3 is 2.53 bits per heavy atom. The number of carbonyl (C=O) groups excluding carboxylic acids is 1. The lowest BCUT2D eigenvalue weighted by Crippen LogP contribution is -2.32. The van der Waals surface area contributed by atoms with Gasteiger partial charge in [-0.15, -0.1) is 0 Å². The van der Waals surface area contributed by atoms with Crippen molar-refractivity contribution in [3.05, 3.63) is 58.5 Å². The predicted octanol–water partition coefficient (Wildman–Crippen LogP) is 4.08. The van der Waals surface area contributed by atoms with Crippen LogP contribution in [0, 0.1) is 0 Å². The van der Waals surface area contributed by atoms with Crippen molar-refractivity contribution >= 4 is 37.8 Å². The summed E-state index contributed by atoms with van der Waals surface area (Å²) in [5.41, 5.74) is 1.66. The van der Waals surface area contributed by atoms with Gasteiger partial charge in [-0.05, 0) is 27.6 Å². The Morgan fingerprint density at radius 1 is 1.21 bits per heavy atom. The second-order valence-corrected chi connectivity index (χ2v) is 5.52. The number of halogens is 2. The van der Waals surface area contributed by atoms with Gasteiger partial charge in [-0.25, -0.2) is 0 Å². The first kappa shape index (κ1) is 14.3. The Labute approximate surface area is 128 Å². The summed E-state index contributed by atoms with van der Waals surface area (Å²) in [6, 6.07) is 11.6. The normalized spacial score (nSPS) is 10.4. The van der Waals surface area contributed by atoms with Crippen molar-refractivity contribution in [3.8, 4) is 0 Å².